The van der Waals surface area contributed by atoms with Crippen molar-refractivity contribution in [2.75, 3.05) is 17.2 Å². The monoisotopic (exact) mass is 603 g/mol. The fourth-order valence-electron chi connectivity index (χ4n) is 4.87. The maximum absolute atomic E-state index is 14.6. The van der Waals surface area contributed by atoms with Crippen molar-refractivity contribution < 1.29 is 26.7 Å². The van der Waals surface area contributed by atoms with E-state index in [9.17, 15) is 26.7 Å². The van der Waals surface area contributed by atoms with Gasteiger partial charge in [0.2, 0.25) is 0 Å². The number of nitrogens with one attached hydrogen (secondary N) is 2. The molecule has 3 N–H and O–H groups in total. The lowest BCUT2D eigenvalue weighted by Crippen LogP contribution is -2.37. The van der Waals surface area contributed by atoms with Crippen molar-refractivity contribution >= 4 is 27.3 Å². The van der Waals surface area contributed by atoms with Crippen LogP contribution in [0.15, 0.2) is 49.2 Å². The van der Waals surface area contributed by atoms with E-state index in [0.29, 0.717) is 58.8 Å². The Hall–Kier alpha value is -4.05. The van der Waals surface area contributed by atoms with Gasteiger partial charge in [0.1, 0.15) is 17.3 Å². The van der Waals surface area contributed by atoms with Crippen molar-refractivity contribution in [2.45, 2.75) is 62.0 Å². The van der Waals surface area contributed by atoms with E-state index in [2.05, 4.69) is 35.8 Å². The molecule has 2 aliphatic carbocycles. The topological polar surface area (TPSA) is 153 Å². The normalized spacial score (nSPS) is 21.0. The summed E-state index contributed by atoms with van der Waals surface area (Å²) < 4.78 is 67.4. The molecular weight excluding hydrogens is 575 g/mol. The molecule has 42 heavy (non-hydrogen) atoms. The third-order valence-electron chi connectivity index (χ3n) is 7.45. The summed E-state index contributed by atoms with van der Waals surface area (Å²) in [5.41, 5.74) is 0.128. The molecule has 6 rings (SSSR count). The van der Waals surface area contributed by atoms with E-state index in [0.717, 1.165) is 4.09 Å². The molecule has 0 spiro atoms. The predicted octanol–water partition coefficient (Wildman–Crippen LogP) is 4.13. The molecule has 0 aromatic carbocycles. The van der Waals surface area contributed by atoms with Crippen LogP contribution in [0.5, 0.6) is 0 Å². The summed E-state index contributed by atoms with van der Waals surface area (Å²) in [7, 11) is -3.53. The number of nitrogens with zero attached hydrogens (tertiary/aromatic N) is 7. The van der Waals surface area contributed by atoms with Crippen molar-refractivity contribution in [3.8, 4) is 22.6 Å². The molecule has 0 atom stereocenters. The summed E-state index contributed by atoms with van der Waals surface area (Å²) >= 11 is 0. The van der Waals surface area contributed by atoms with Crippen LogP contribution in [0.25, 0.3) is 22.6 Å². The molecule has 4 heterocycles. The second-order valence-electron chi connectivity index (χ2n) is 10.5. The molecule has 0 unspecified atom stereocenters. The standard InChI is InChI=1S/C26H28F3N9O3S/c27-25(28)37-10-6-20(36-37)19-13-31-23(11-21(19)33-17-3-7-26(29,15-39)8-4-17)34-22-5-9-30-24(35-22)16-12-32-38(14-16)42(40,41)18-1-2-18/h5-6,9-14,17-18,25,39H,1-4,7-8,15H2,(H2,30,31,33,34,35). The number of aliphatic hydroxyl groups is 1. The summed E-state index contributed by atoms with van der Waals surface area (Å²) in [6.07, 6.45) is 9.49. The van der Waals surface area contributed by atoms with Crippen LogP contribution >= 0.6 is 0 Å². The van der Waals surface area contributed by atoms with Crippen LogP contribution in [0.1, 0.15) is 45.1 Å². The molecule has 12 nitrogen and oxygen atoms in total. The first kappa shape index (κ1) is 28.1. The van der Waals surface area contributed by atoms with Gasteiger partial charge in [-0.1, -0.05) is 0 Å². The lowest BCUT2D eigenvalue weighted by atomic mass is 9.84. The largest absolute Gasteiger partial charge is 0.393 e. The highest BCUT2D eigenvalue weighted by Crippen LogP contribution is 2.36. The number of alkyl halides is 3. The lowest BCUT2D eigenvalue weighted by Gasteiger charge is -2.33. The van der Waals surface area contributed by atoms with Crippen LogP contribution in [0.4, 0.5) is 30.5 Å². The minimum absolute atomic E-state index is 0.124. The van der Waals surface area contributed by atoms with Gasteiger partial charge < -0.3 is 15.7 Å². The van der Waals surface area contributed by atoms with Gasteiger partial charge in [0, 0.05) is 41.9 Å². The Labute approximate surface area is 239 Å². The second kappa shape index (κ2) is 11.0. The smallest absolute Gasteiger partial charge is 0.333 e. The molecule has 4 aromatic rings. The molecular formula is C26H28F3N9O3S. The van der Waals surface area contributed by atoms with E-state index in [4.69, 9.17) is 0 Å². The maximum atomic E-state index is 14.6. The number of halogens is 3. The molecule has 4 aromatic heterocycles. The van der Waals surface area contributed by atoms with Crippen molar-refractivity contribution in [1.29, 1.82) is 0 Å². The summed E-state index contributed by atoms with van der Waals surface area (Å²) in [5, 5.41) is 23.4. The highest BCUT2D eigenvalue weighted by atomic mass is 32.2. The molecule has 0 aliphatic heterocycles. The van der Waals surface area contributed by atoms with Crippen LogP contribution in [0, 0.1) is 0 Å². The minimum Gasteiger partial charge on any atom is -0.393 e. The third kappa shape index (κ3) is 5.81. The quantitative estimate of drug-likeness (QED) is 0.241. The minimum atomic E-state index is -3.53. The van der Waals surface area contributed by atoms with Gasteiger partial charge in [-0.2, -0.15) is 23.1 Å². The van der Waals surface area contributed by atoms with Gasteiger partial charge >= 0.3 is 6.55 Å². The summed E-state index contributed by atoms with van der Waals surface area (Å²) in [6.45, 7) is -3.33. The lowest BCUT2D eigenvalue weighted by molar-refractivity contribution is 0.0337. The van der Waals surface area contributed by atoms with Crippen LogP contribution in [0.2, 0.25) is 0 Å². The van der Waals surface area contributed by atoms with E-state index in [-0.39, 0.29) is 30.4 Å². The Balaban J connectivity index is 1.25. The number of anilines is 3. The number of hydrogen-bond donors (Lipinski definition) is 3. The summed E-state index contributed by atoms with van der Waals surface area (Å²) in [4.78, 5) is 13.1. The Morgan fingerprint density at radius 2 is 1.88 bits per heavy atom. The summed E-state index contributed by atoms with van der Waals surface area (Å²) in [6, 6.07) is 4.63. The van der Waals surface area contributed by atoms with Crippen molar-refractivity contribution in [1.82, 2.24) is 33.9 Å². The van der Waals surface area contributed by atoms with Gasteiger partial charge in [-0.05, 0) is 50.7 Å². The molecule has 0 amide bonds. The van der Waals surface area contributed by atoms with Gasteiger partial charge in [-0.25, -0.2) is 32.4 Å². The van der Waals surface area contributed by atoms with Crippen molar-refractivity contribution in [3.63, 3.8) is 0 Å². The number of aliphatic hydroxyl groups excluding tert-OH is 1. The molecule has 222 valence electrons. The van der Waals surface area contributed by atoms with Crippen molar-refractivity contribution in [2.24, 2.45) is 0 Å². The molecule has 0 bridgehead atoms. The highest BCUT2D eigenvalue weighted by Gasteiger charge is 2.38. The second-order valence-corrected chi connectivity index (χ2v) is 12.6. The van der Waals surface area contributed by atoms with Gasteiger partial charge in [-0.3, -0.25) is 0 Å². The first-order chi connectivity index (χ1) is 20.1. The zero-order chi connectivity index (χ0) is 29.5. The maximum Gasteiger partial charge on any atom is 0.333 e. The number of rotatable bonds is 10. The Bertz CT molecular complexity index is 1680. The fraction of sp³-hybridized carbons (Fsp3) is 0.423. The van der Waals surface area contributed by atoms with Crippen LogP contribution < -0.4 is 10.6 Å². The first-order valence-corrected chi connectivity index (χ1v) is 14.9. The molecule has 16 heteroatoms. The van der Waals surface area contributed by atoms with E-state index in [1.807, 2.05) is 0 Å². The molecule has 2 saturated carbocycles. The van der Waals surface area contributed by atoms with E-state index < -0.39 is 34.1 Å². The number of aromatic nitrogens is 7. The summed E-state index contributed by atoms with van der Waals surface area (Å²) in [5.74, 6) is 0.997. The van der Waals surface area contributed by atoms with Crippen LogP contribution in [-0.4, -0.2) is 71.0 Å². The highest BCUT2D eigenvalue weighted by molar-refractivity contribution is 7.90. The molecule has 0 saturated heterocycles. The van der Waals surface area contributed by atoms with E-state index in [1.165, 1.54) is 37.1 Å². The Kier molecular flexibility index (Phi) is 7.34. The predicted molar refractivity (Wildman–Crippen MR) is 147 cm³/mol. The average molecular weight is 604 g/mol. The SMILES string of the molecule is O=S(=O)(C1CC1)n1cc(-c2nccc(Nc3cc(NC4CCC(F)(CO)CC4)c(-c4ccn(C(F)F)n4)cn3)n2)cn1. The molecule has 2 fully saturated rings. The van der Waals surface area contributed by atoms with E-state index >= 15 is 0 Å². The van der Waals surface area contributed by atoms with Gasteiger partial charge in [0.25, 0.3) is 10.0 Å². The first-order valence-electron chi connectivity index (χ1n) is 13.4. The third-order valence-corrected chi connectivity index (χ3v) is 9.48. The molecule has 2 aliphatic rings. The van der Waals surface area contributed by atoms with E-state index in [1.54, 1.807) is 12.1 Å². The zero-order valence-corrected chi connectivity index (χ0v) is 23.1. The van der Waals surface area contributed by atoms with Gasteiger partial charge in [0.15, 0.2) is 5.82 Å². The average Bonchev–Trinajstić information content (AvgIpc) is 3.52. The number of hydrogen-bond acceptors (Lipinski definition) is 10. The Morgan fingerprint density at radius 3 is 2.57 bits per heavy atom. The van der Waals surface area contributed by atoms with Crippen LogP contribution in [-0.2, 0) is 10.0 Å². The van der Waals surface area contributed by atoms with Gasteiger partial charge in [0.05, 0.1) is 35.5 Å². The van der Waals surface area contributed by atoms with Crippen molar-refractivity contribution in [3.05, 3.63) is 49.2 Å². The van der Waals surface area contributed by atoms with Gasteiger partial charge in [-0.15, -0.1) is 0 Å². The number of pyridine rings is 1. The Morgan fingerprint density at radius 1 is 1.10 bits per heavy atom. The zero-order valence-electron chi connectivity index (χ0n) is 22.2. The van der Waals surface area contributed by atoms with Crippen LogP contribution in [0.3, 0.4) is 0 Å². The molecule has 0 radical (unpaired) electrons. The fourth-order valence-corrected chi connectivity index (χ4v) is 6.35.